The molecule has 2 unspecified atom stereocenters. The van der Waals surface area contributed by atoms with Gasteiger partial charge in [-0.15, -0.1) is 0 Å². The molecule has 1 aliphatic rings. The molecule has 0 spiro atoms. The van der Waals surface area contributed by atoms with Gasteiger partial charge in [0.05, 0.1) is 0 Å². The minimum atomic E-state index is -4.20. The van der Waals surface area contributed by atoms with Gasteiger partial charge in [-0.1, -0.05) is 26.2 Å². The fourth-order valence-corrected chi connectivity index (χ4v) is 2.90. The Morgan fingerprint density at radius 1 is 1.16 bits per heavy atom. The van der Waals surface area contributed by atoms with Crippen LogP contribution in [-0.2, 0) is 4.74 Å². The first-order valence-corrected chi connectivity index (χ1v) is 7.38. The highest BCUT2D eigenvalue weighted by molar-refractivity contribution is 4.77. The molecule has 0 radical (unpaired) electrons. The van der Waals surface area contributed by atoms with E-state index in [9.17, 15) is 13.2 Å². The van der Waals surface area contributed by atoms with E-state index in [0.717, 1.165) is 25.9 Å². The van der Waals surface area contributed by atoms with Gasteiger partial charge in [0.2, 0.25) is 0 Å². The van der Waals surface area contributed by atoms with Crippen molar-refractivity contribution in [3.05, 3.63) is 0 Å². The van der Waals surface area contributed by atoms with Gasteiger partial charge in [0.25, 0.3) is 0 Å². The summed E-state index contributed by atoms with van der Waals surface area (Å²) in [6.45, 7) is 3.24. The molecule has 0 aromatic heterocycles. The van der Waals surface area contributed by atoms with Crippen LogP contribution in [0, 0.1) is 11.8 Å². The van der Waals surface area contributed by atoms with Crippen LogP contribution in [0.1, 0.15) is 45.4 Å². The number of halogens is 3. The quantitative estimate of drug-likeness (QED) is 0.684. The van der Waals surface area contributed by atoms with Crippen molar-refractivity contribution in [3.63, 3.8) is 0 Å². The minimum Gasteiger partial charge on any atom is -0.372 e. The van der Waals surface area contributed by atoms with E-state index in [2.05, 4.69) is 17.0 Å². The first-order chi connectivity index (χ1) is 9.03. The van der Waals surface area contributed by atoms with Gasteiger partial charge < -0.3 is 10.1 Å². The van der Waals surface area contributed by atoms with Gasteiger partial charge >= 0.3 is 6.18 Å². The summed E-state index contributed by atoms with van der Waals surface area (Å²) in [5.41, 5.74) is 0. The summed E-state index contributed by atoms with van der Waals surface area (Å²) in [6, 6.07) is 0. The zero-order valence-electron chi connectivity index (χ0n) is 11.8. The van der Waals surface area contributed by atoms with E-state index >= 15 is 0 Å². The third-order valence-electron chi connectivity index (χ3n) is 3.85. The molecule has 1 N–H and O–H groups in total. The molecule has 0 bridgehead atoms. The largest absolute Gasteiger partial charge is 0.411 e. The Morgan fingerprint density at radius 3 is 2.47 bits per heavy atom. The van der Waals surface area contributed by atoms with Crippen LogP contribution < -0.4 is 5.32 Å². The highest BCUT2D eigenvalue weighted by atomic mass is 19.4. The predicted octanol–water partition coefficient (Wildman–Crippen LogP) is 3.76. The molecule has 5 heteroatoms. The Hall–Kier alpha value is -0.290. The van der Waals surface area contributed by atoms with Crippen molar-refractivity contribution in [2.45, 2.75) is 51.6 Å². The van der Waals surface area contributed by atoms with Crippen molar-refractivity contribution in [1.29, 1.82) is 0 Å². The van der Waals surface area contributed by atoms with E-state index in [0.29, 0.717) is 11.8 Å². The average Bonchev–Trinajstić information content (AvgIpc) is 2.36. The van der Waals surface area contributed by atoms with E-state index in [1.165, 1.54) is 25.7 Å². The first kappa shape index (κ1) is 16.8. The molecule has 2 nitrogen and oxygen atoms in total. The van der Waals surface area contributed by atoms with Crippen molar-refractivity contribution in [2.75, 3.05) is 26.3 Å². The molecular weight excluding hydrogens is 255 g/mol. The topological polar surface area (TPSA) is 21.3 Å². The highest BCUT2D eigenvalue weighted by Crippen LogP contribution is 2.32. The van der Waals surface area contributed by atoms with Crippen LogP contribution in [0.4, 0.5) is 13.2 Å². The maximum atomic E-state index is 11.9. The lowest BCUT2D eigenvalue weighted by Gasteiger charge is -2.31. The summed E-state index contributed by atoms with van der Waals surface area (Å²) in [4.78, 5) is 0. The van der Waals surface area contributed by atoms with Crippen molar-refractivity contribution >= 4 is 0 Å². The molecule has 0 amide bonds. The maximum Gasteiger partial charge on any atom is 0.411 e. The summed E-state index contributed by atoms with van der Waals surface area (Å²) < 4.78 is 40.4. The summed E-state index contributed by atoms with van der Waals surface area (Å²) in [7, 11) is 0. The molecule has 2 atom stereocenters. The molecule has 1 saturated carbocycles. The Bertz CT molecular complexity index is 233. The number of hydrogen-bond donors (Lipinski definition) is 1. The summed E-state index contributed by atoms with van der Waals surface area (Å²) in [5, 5.41) is 3.39. The molecule has 0 aromatic carbocycles. The molecule has 114 valence electrons. The molecule has 0 saturated heterocycles. The second-order valence-corrected chi connectivity index (χ2v) is 5.42. The average molecular weight is 281 g/mol. The van der Waals surface area contributed by atoms with Gasteiger partial charge in [-0.05, 0) is 44.2 Å². The minimum absolute atomic E-state index is 0.226. The standard InChI is InChI=1S/C14H26F3NO/c1-2-18-10-13-7-4-3-6-12(13)8-5-9-19-11-14(15,16)17/h12-13,18H,2-11H2,1H3. The van der Waals surface area contributed by atoms with Gasteiger partial charge in [-0.2, -0.15) is 13.2 Å². The normalized spacial score (nSPS) is 24.6. The molecule has 0 heterocycles. The van der Waals surface area contributed by atoms with Gasteiger partial charge in [0, 0.05) is 6.61 Å². The number of ether oxygens (including phenoxy) is 1. The van der Waals surface area contributed by atoms with Crippen molar-refractivity contribution < 1.29 is 17.9 Å². The van der Waals surface area contributed by atoms with E-state index in [-0.39, 0.29) is 6.61 Å². The molecule has 1 rings (SSSR count). The fourth-order valence-electron chi connectivity index (χ4n) is 2.90. The Kier molecular flexibility index (Phi) is 7.76. The molecular formula is C14H26F3NO. The number of nitrogens with one attached hydrogen (secondary N) is 1. The van der Waals surface area contributed by atoms with Crippen LogP contribution in [0.2, 0.25) is 0 Å². The van der Waals surface area contributed by atoms with E-state index in [4.69, 9.17) is 0 Å². The monoisotopic (exact) mass is 281 g/mol. The number of rotatable bonds is 8. The fraction of sp³-hybridized carbons (Fsp3) is 1.00. The summed E-state index contributed by atoms with van der Waals surface area (Å²) in [5.74, 6) is 1.35. The van der Waals surface area contributed by atoms with Gasteiger partial charge in [0.15, 0.2) is 0 Å². The second-order valence-electron chi connectivity index (χ2n) is 5.42. The molecule has 0 aliphatic heterocycles. The van der Waals surface area contributed by atoms with Crippen molar-refractivity contribution in [3.8, 4) is 0 Å². The van der Waals surface area contributed by atoms with Crippen LogP contribution in [0.25, 0.3) is 0 Å². The lowest BCUT2D eigenvalue weighted by Crippen LogP contribution is -2.30. The first-order valence-electron chi connectivity index (χ1n) is 7.38. The zero-order chi connectivity index (χ0) is 14.1. The Balaban J connectivity index is 2.14. The van der Waals surface area contributed by atoms with Gasteiger partial charge in [0.1, 0.15) is 6.61 Å². The molecule has 19 heavy (non-hydrogen) atoms. The highest BCUT2D eigenvalue weighted by Gasteiger charge is 2.27. The van der Waals surface area contributed by atoms with Crippen molar-refractivity contribution in [2.24, 2.45) is 11.8 Å². The summed E-state index contributed by atoms with van der Waals surface area (Å²) in [6.07, 6.45) is 2.56. The summed E-state index contributed by atoms with van der Waals surface area (Å²) >= 11 is 0. The third kappa shape index (κ3) is 7.78. The Morgan fingerprint density at radius 2 is 1.84 bits per heavy atom. The van der Waals surface area contributed by atoms with E-state index < -0.39 is 12.8 Å². The lowest BCUT2D eigenvalue weighted by atomic mass is 9.77. The van der Waals surface area contributed by atoms with Crippen LogP contribution in [-0.4, -0.2) is 32.5 Å². The van der Waals surface area contributed by atoms with Crippen LogP contribution in [0.5, 0.6) is 0 Å². The molecule has 1 aliphatic carbocycles. The number of alkyl halides is 3. The zero-order valence-corrected chi connectivity index (χ0v) is 11.8. The van der Waals surface area contributed by atoms with Crippen molar-refractivity contribution in [1.82, 2.24) is 5.32 Å². The maximum absolute atomic E-state index is 11.9. The van der Waals surface area contributed by atoms with E-state index in [1.54, 1.807) is 0 Å². The third-order valence-corrected chi connectivity index (χ3v) is 3.85. The Labute approximate surface area is 114 Å². The van der Waals surface area contributed by atoms with Crippen LogP contribution in [0.15, 0.2) is 0 Å². The SMILES string of the molecule is CCNCC1CCCCC1CCCOCC(F)(F)F. The lowest BCUT2D eigenvalue weighted by molar-refractivity contribution is -0.174. The molecule has 1 fully saturated rings. The van der Waals surface area contributed by atoms with E-state index in [1.807, 2.05) is 0 Å². The van der Waals surface area contributed by atoms with Gasteiger partial charge in [-0.3, -0.25) is 0 Å². The second kappa shape index (κ2) is 8.80. The predicted molar refractivity (Wildman–Crippen MR) is 70.1 cm³/mol. The van der Waals surface area contributed by atoms with Crippen LogP contribution in [0.3, 0.4) is 0 Å². The van der Waals surface area contributed by atoms with Crippen LogP contribution >= 0.6 is 0 Å². The van der Waals surface area contributed by atoms with Gasteiger partial charge in [-0.25, -0.2) is 0 Å². The molecule has 0 aromatic rings. The number of hydrogen-bond acceptors (Lipinski definition) is 2. The smallest absolute Gasteiger partial charge is 0.372 e.